The van der Waals surface area contributed by atoms with Crippen molar-refractivity contribution in [3.8, 4) is 11.1 Å². The van der Waals surface area contributed by atoms with E-state index in [4.69, 9.17) is 11.6 Å². The van der Waals surface area contributed by atoms with Crippen LogP contribution in [0.4, 0.5) is 4.39 Å². The van der Waals surface area contributed by atoms with Gasteiger partial charge in [-0.2, -0.15) is 0 Å². The van der Waals surface area contributed by atoms with Crippen LogP contribution >= 0.6 is 11.6 Å². The summed E-state index contributed by atoms with van der Waals surface area (Å²) < 4.78 is 28.3. The molecular formula is C21H22ClFN2O2S. The van der Waals surface area contributed by atoms with Crippen molar-refractivity contribution in [2.24, 2.45) is 5.92 Å². The van der Waals surface area contributed by atoms with Gasteiger partial charge in [0.15, 0.2) is 0 Å². The normalized spacial score (nSPS) is 25.0. The lowest BCUT2D eigenvalue weighted by atomic mass is 9.95. The van der Waals surface area contributed by atoms with Gasteiger partial charge in [-0.05, 0) is 48.1 Å². The van der Waals surface area contributed by atoms with E-state index in [1.54, 1.807) is 18.4 Å². The predicted octanol–water partition coefficient (Wildman–Crippen LogP) is 3.73. The molecule has 4 nitrogen and oxygen atoms in total. The Labute approximate surface area is 171 Å². The second-order valence-corrected chi connectivity index (χ2v) is 9.05. The van der Waals surface area contributed by atoms with Crippen LogP contribution in [0.25, 0.3) is 11.1 Å². The molecule has 1 saturated carbocycles. The van der Waals surface area contributed by atoms with Crippen molar-refractivity contribution in [3.63, 3.8) is 0 Å². The van der Waals surface area contributed by atoms with Gasteiger partial charge in [-0.25, -0.2) is 13.3 Å². The minimum Gasteiger partial charge on any atom is -0.341 e. The molecule has 7 heteroatoms. The molecule has 0 radical (unpaired) electrons. The minimum atomic E-state index is -1.08. The van der Waals surface area contributed by atoms with Gasteiger partial charge in [0.1, 0.15) is 5.82 Å². The van der Waals surface area contributed by atoms with Crippen molar-refractivity contribution in [2.75, 3.05) is 19.3 Å². The number of amides is 1. The van der Waals surface area contributed by atoms with Crippen LogP contribution in [0.15, 0.2) is 42.5 Å². The van der Waals surface area contributed by atoms with Crippen LogP contribution in [0, 0.1) is 11.7 Å². The Morgan fingerprint density at radius 1 is 1.25 bits per heavy atom. The highest BCUT2D eigenvalue weighted by Gasteiger charge is 2.47. The Morgan fingerprint density at radius 3 is 2.79 bits per heavy atom. The number of rotatable bonds is 5. The second-order valence-electron chi connectivity index (χ2n) is 7.50. The van der Waals surface area contributed by atoms with Crippen LogP contribution in [-0.4, -0.2) is 40.4 Å². The average molecular weight is 421 g/mol. The first kappa shape index (κ1) is 19.6. The van der Waals surface area contributed by atoms with Gasteiger partial charge in [0, 0.05) is 41.9 Å². The smallest absolute Gasteiger partial charge is 0.226 e. The summed E-state index contributed by atoms with van der Waals surface area (Å²) in [6.45, 7) is 1.26. The van der Waals surface area contributed by atoms with Crippen molar-refractivity contribution in [1.82, 2.24) is 9.62 Å². The number of hydrogen-bond donors (Lipinski definition) is 1. The molecule has 4 atom stereocenters. The topological polar surface area (TPSA) is 49.4 Å². The molecule has 4 rings (SSSR count). The summed E-state index contributed by atoms with van der Waals surface area (Å²) in [6.07, 6.45) is 3.17. The number of benzene rings is 2. The SMILES string of the molecule is CS(=O)NC1CCN(C(=O)C2CC2c2ccc(F)cc2-c2ccccc2Cl)C1. The molecule has 0 spiro atoms. The molecule has 28 heavy (non-hydrogen) atoms. The van der Waals surface area contributed by atoms with Gasteiger partial charge in [0.05, 0.1) is 11.0 Å². The average Bonchev–Trinajstić information content (AvgIpc) is 3.32. The van der Waals surface area contributed by atoms with Crippen LogP contribution < -0.4 is 4.72 Å². The number of halogens is 2. The predicted molar refractivity (Wildman–Crippen MR) is 110 cm³/mol. The molecule has 2 aliphatic rings. The summed E-state index contributed by atoms with van der Waals surface area (Å²) in [5.74, 6) is -0.196. The third kappa shape index (κ3) is 4.00. The molecule has 1 amide bonds. The van der Waals surface area contributed by atoms with Gasteiger partial charge in [0.2, 0.25) is 5.91 Å². The quantitative estimate of drug-likeness (QED) is 0.801. The zero-order valence-corrected chi connectivity index (χ0v) is 17.1. The molecule has 1 aliphatic heterocycles. The Bertz CT molecular complexity index is 938. The van der Waals surface area contributed by atoms with Crippen LogP contribution in [0.2, 0.25) is 5.02 Å². The van der Waals surface area contributed by atoms with Crippen molar-refractivity contribution in [2.45, 2.75) is 24.8 Å². The van der Waals surface area contributed by atoms with Gasteiger partial charge >= 0.3 is 0 Å². The number of nitrogens with one attached hydrogen (secondary N) is 1. The highest BCUT2D eigenvalue weighted by Crippen LogP contribution is 2.52. The van der Waals surface area contributed by atoms with Crippen LogP contribution in [-0.2, 0) is 15.8 Å². The number of nitrogens with zero attached hydrogens (tertiary/aromatic N) is 1. The second kappa shape index (κ2) is 7.93. The van der Waals surface area contributed by atoms with Crippen LogP contribution in [0.3, 0.4) is 0 Å². The third-order valence-corrected chi connectivity index (χ3v) is 6.51. The molecule has 4 unspecified atom stereocenters. The molecule has 0 aromatic heterocycles. The highest BCUT2D eigenvalue weighted by atomic mass is 35.5. The maximum atomic E-state index is 13.9. The number of carbonyl (C=O) groups excluding carboxylic acids is 1. The van der Waals surface area contributed by atoms with E-state index in [2.05, 4.69) is 4.72 Å². The summed E-state index contributed by atoms with van der Waals surface area (Å²) >= 11 is 6.34. The van der Waals surface area contributed by atoms with Crippen LogP contribution in [0.1, 0.15) is 24.3 Å². The first-order valence-electron chi connectivity index (χ1n) is 9.36. The first-order valence-corrected chi connectivity index (χ1v) is 11.3. The molecule has 1 aliphatic carbocycles. The first-order chi connectivity index (χ1) is 13.4. The van der Waals surface area contributed by atoms with Crippen molar-refractivity contribution >= 4 is 28.5 Å². The monoisotopic (exact) mass is 420 g/mol. The molecule has 1 N–H and O–H groups in total. The van der Waals surface area contributed by atoms with Crippen molar-refractivity contribution in [1.29, 1.82) is 0 Å². The van der Waals surface area contributed by atoms with E-state index in [0.29, 0.717) is 18.1 Å². The lowest BCUT2D eigenvalue weighted by Gasteiger charge is -2.17. The molecular weight excluding hydrogens is 399 g/mol. The van der Waals surface area contributed by atoms with Gasteiger partial charge in [-0.15, -0.1) is 0 Å². The Kier molecular flexibility index (Phi) is 5.54. The Morgan fingerprint density at radius 2 is 2.04 bits per heavy atom. The fourth-order valence-electron chi connectivity index (χ4n) is 4.10. The zero-order valence-electron chi connectivity index (χ0n) is 15.5. The van der Waals surface area contributed by atoms with E-state index in [-0.39, 0.29) is 29.6 Å². The molecule has 1 heterocycles. The Balaban J connectivity index is 1.52. The third-order valence-electron chi connectivity index (χ3n) is 5.52. The van der Waals surface area contributed by atoms with E-state index in [1.807, 2.05) is 23.1 Å². The summed E-state index contributed by atoms with van der Waals surface area (Å²) in [5, 5.41) is 0.568. The lowest BCUT2D eigenvalue weighted by Crippen LogP contribution is -2.36. The number of carbonyl (C=O) groups is 1. The fourth-order valence-corrected chi connectivity index (χ4v) is 5.00. The lowest BCUT2D eigenvalue weighted by molar-refractivity contribution is -0.131. The number of hydrogen-bond acceptors (Lipinski definition) is 2. The molecule has 2 fully saturated rings. The summed E-state index contributed by atoms with van der Waals surface area (Å²) in [5.41, 5.74) is 2.51. The van der Waals surface area contributed by atoms with E-state index in [0.717, 1.165) is 29.5 Å². The zero-order chi connectivity index (χ0) is 19.8. The van der Waals surface area contributed by atoms with Crippen molar-refractivity contribution in [3.05, 3.63) is 58.9 Å². The summed E-state index contributed by atoms with van der Waals surface area (Å²) in [7, 11) is -1.08. The van der Waals surface area contributed by atoms with E-state index < -0.39 is 11.0 Å². The number of likely N-dealkylation sites (tertiary alicyclic amines) is 1. The largest absolute Gasteiger partial charge is 0.341 e. The van der Waals surface area contributed by atoms with Crippen LogP contribution in [0.5, 0.6) is 0 Å². The van der Waals surface area contributed by atoms with Crippen molar-refractivity contribution < 1.29 is 13.4 Å². The minimum absolute atomic E-state index is 0.0756. The van der Waals surface area contributed by atoms with Gasteiger partial charge < -0.3 is 4.90 Å². The molecule has 0 bridgehead atoms. The standard InChI is InChI=1S/C21H22ClFN2O2S/c1-28(27)24-14-8-9-25(12-14)21(26)19-11-18(19)15-7-6-13(23)10-17(15)16-4-2-3-5-20(16)22/h2-7,10,14,18-19,24H,8-9,11-12H2,1H3. The maximum absolute atomic E-state index is 13.9. The molecule has 1 saturated heterocycles. The van der Waals surface area contributed by atoms with E-state index in [9.17, 15) is 13.4 Å². The molecule has 148 valence electrons. The molecule has 2 aromatic carbocycles. The summed E-state index contributed by atoms with van der Waals surface area (Å²) in [6, 6.07) is 12.2. The fraction of sp³-hybridized carbons (Fsp3) is 0.381. The van der Waals surface area contributed by atoms with Gasteiger partial charge in [0.25, 0.3) is 0 Å². The van der Waals surface area contributed by atoms with Gasteiger partial charge in [-0.3, -0.25) is 4.79 Å². The molecule has 2 aromatic rings. The van der Waals surface area contributed by atoms with E-state index >= 15 is 0 Å². The van der Waals surface area contributed by atoms with Gasteiger partial charge in [-0.1, -0.05) is 35.9 Å². The Hall–Kier alpha value is -1.76. The van der Waals surface area contributed by atoms with E-state index in [1.165, 1.54) is 12.1 Å². The summed E-state index contributed by atoms with van der Waals surface area (Å²) in [4.78, 5) is 14.8. The highest BCUT2D eigenvalue weighted by molar-refractivity contribution is 7.82. The maximum Gasteiger partial charge on any atom is 0.226 e.